The van der Waals surface area contributed by atoms with E-state index in [4.69, 9.17) is 38.4 Å². The number of rotatable bonds is 2. The first-order valence-electron chi connectivity index (χ1n) is 7.18. The fourth-order valence-corrected chi connectivity index (χ4v) is 3.04. The van der Waals surface area contributed by atoms with Gasteiger partial charge in [-0.15, -0.1) is 0 Å². The Morgan fingerprint density at radius 3 is 2.32 bits per heavy atom. The van der Waals surface area contributed by atoms with Gasteiger partial charge in [0.1, 0.15) is 23.3 Å². The van der Waals surface area contributed by atoms with Crippen LogP contribution in [0, 0.1) is 18.8 Å². The number of benzene rings is 1. The molecule has 0 unspecified atom stereocenters. The number of aromatic nitrogens is 3. The van der Waals surface area contributed by atoms with E-state index in [0.717, 1.165) is 5.69 Å². The van der Waals surface area contributed by atoms with Crippen LogP contribution in [-0.2, 0) is 0 Å². The van der Waals surface area contributed by atoms with Crippen molar-refractivity contribution in [2.45, 2.75) is 6.92 Å². The largest absolute Gasteiger partial charge is 0.495 e. The predicted molar refractivity (Wildman–Crippen MR) is 97.7 cm³/mol. The molecule has 0 saturated heterocycles. The third-order valence-electron chi connectivity index (χ3n) is 3.66. The van der Waals surface area contributed by atoms with Gasteiger partial charge in [-0.25, -0.2) is 9.50 Å². The standard InChI is InChI=1S/C17H14Cl2N4O2/c1-9-6-10(16-17(20)21-8-22-23(9)16)4-5-11-14(18)12(24-2)7-13(25-3)15(11)19/h6-8H,1-3H3,(H2,20,21,22). The maximum Gasteiger partial charge on any atom is 0.152 e. The Morgan fingerprint density at radius 2 is 1.72 bits per heavy atom. The average Bonchev–Trinajstić information content (AvgIpc) is 2.92. The number of nitrogens with two attached hydrogens (primary N) is 1. The fraction of sp³-hybridized carbons (Fsp3) is 0.176. The van der Waals surface area contributed by atoms with Gasteiger partial charge < -0.3 is 15.2 Å². The molecule has 6 nitrogen and oxygen atoms in total. The summed E-state index contributed by atoms with van der Waals surface area (Å²) in [5, 5.41) is 4.79. The molecule has 0 amide bonds. The van der Waals surface area contributed by atoms with E-state index >= 15 is 0 Å². The first kappa shape index (κ1) is 17.2. The number of methoxy groups -OCH3 is 2. The van der Waals surface area contributed by atoms with Gasteiger partial charge in [0.2, 0.25) is 0 Å². The van der Waals surface area contributed by atoms with Crippen molar-refractivity contribution in [2.75, 3.05) is 20.0 Å². The summed E-state index contributed by atoms with van der Waals surface area (Å²) in [5.74, 6) is 7.21. The smallest absolute Gasteiger partial charge is 0.152 e. The zero-order valence-electron chi connectivity index (χ0n) is 13.7. The zero-order chi connectivity index (χ0) is 18.1. The minimum absolute atomic E-state index is 0.310. The number of fused-ring (bicyclic) bond motifs is 1. The number of ether oxygens (including phenoxy) is 2. The summed E-state index contributed by atoms with van der Waals surface area (Å²) in [5.41, 5.74) is 8.56. The summed E-state index contributed by atoms with van der Waals surface area (Å²) in [4.78, 5) is 4.01. The van der Waals surface area contributed by atoms with Crippen LogP contribution in [0.15, 0.2) is 18.5 Å². The van der Waals surface area contributed by atoms with Gasteiger partial charge in [0.15, 0.2) is 5.82 Å². The van der Waals surface area contributed by atoms with Crippen molar-refractivity contribution in [3.05, 3.63) is 45.3 Å². The van der Waals surface area contributed by atoms with Crippen molar-refractivity contribution in [1.29, 1.82) is 0 Å². The molecule has 25 heavy (non-hydrogen) atoms. The fourth-order valence-electron chi connectivity index (χ4n) is 2.45. The number of nitrogens with zero attached hydrogens (tertiary/aromatic N) is 3. The Labute approximate surface area is 154 Å². The number of hydrogen-bond donors (Lipinski definition) is 1. The van der Waals surface area contributed by atoms with Crippen LogP contribution in [0.1, 0.15) is 16.8 Å². The van der Waals surface area contributed by atoms with Crippen LogP contribution in [0.4, 0.5) is 5.82 Å². The Bertz CT molecular complexity index is 1010. The Morgan fingerprint density at radius 1 is 1.08 bits per heavy atom. The van der Waals surface area contributed by atoms with Gasteiger partial charge in [-0.05, 0) is 13.0 Å². The van der Waals surface area contributed by atoms with Crippen molar-refractivity contribution < 1.29 is 9.47 Å². The first-order valence-corrected chi connectivity index (χ1v) is 7.94. The molecule has 128 valence electrons. The average molecular weight is 377 g/mol. The Hall–Kier alpha value is -2.62. The third-order valence-corrected chi connectivity index (χ3v) is 4.41. The number of anilines is 1. The summed E-state index contributed by atoms with van der Waals surface area (Å²) in [6.45, 7) is 1.90. The molecule has 0 radical (unpaired) electrons. The van der Waals surface area contributed by atoms with Crippen molar-refractivity contribution >= 4 is 34.5 Å². The molecule has 0 atom stereocenters. The lowest BCUT2D eigenvalue weighted by atomic mass is 10.1. The molecule has 0 bridgehead atoms. The molecule has 0 aliphatic carbocycles. The van der Waals surface area contributed by atoms with E-state index in [1.807, 2.05) is 13.0 Å². The van der Waals surface area contributed by atoms with Gasteiger partial charge in [0.05, 0.1) is 35.4 Å². The number of hydrogen-bond acceptors (Lipinski definition) is 5. The van der Waals surface area contributed by atoms with Gasteiger partial charge in [-0.1, -0.05) is 35.0 Å². The number of halogens is 2. The molecule has 0 aliphatic rings. The van der Waals surface area contributed by atoms with Crippen molar-refractivity contribution in [1.82, 2.24) is 14.6 Å². The minimum Gasteiger partial charge on any atom is -0.495 e. The SMILES string of the molecule is COc1cc(OC)c(Cl)c(C#Cc2cc(C)n3ncnc(N)c23)c1Cl. The molecule has 0 spiro atoms. The van der Waals surface area contributed by atoms with Crippen LogP contribution >= 0.6 is 23.2 Å². The van der Waals surface area contributed by atoms with E-state index in [1.165, 1.54) is 20.5 Å². The summed E-state index contributed by atoms with van der Waals surface area (Å²) in [6.07, 6.45) is 1.40. The van der Waals surface area contributed by atoms with Gasteiger partial charge in [-0.3, -0.25) is 0 Å². The second kappa shape index (κ2) is 6.71. The van der Waals surface area contributed by atoms with Gasteiger partial charge >= 0.3 is 0 Å². The highest BCUT2D eigenvalue weighted by Crippen LogP contribution is 2.39. The summed E-state index contributed by atoms with van der Waals surface area (Å²) >= 11 is 12.7. The minimum atomic E-state index is 0.310. The normalized spacial score (nSPS) is 10.4. The Balaban J connectivity index is 2.21. The van der Waals surface area contributed by atoms with Crippen molar-refractivity contribution in [2.24, 2.45) is 0 Å². The molecular weight excluding hydrogens is 363 g/mol. The van der Waals surface area contributed by atoms with Gasteiger partial charge in [0.25, 0.3) is 0 Å². The van der Waals surface area contributed by atoms with E-state index in [0.29, 0.717) is 44.0 Å². The molecule has 2 N–H and O–H groups in total. The number of nitrogen functional groups attached to an aromatic ring is 1. The zero-order valence-corrected chi connectivity index (χ0v) is 15.2. The summed E-state index contributed by atoms with van der Waals surface area (Å²) in [6, 6.07) is 3.48. The maximum absolute atomic E-state index is 6.34. The van der Waals surface area contributed by atoms with Crippen LogP contribution in [0.3, 0.4) is 0 Å². The highest BCUT2D eigenvalue weighted by molar-refractivity contribution is 6.38. The van der Waals surface area contributed by atoms with Crippen LogP contribution in [0.25, 0.3) is 5.52 Å². The van der Waals surface area contributed by atoms with E-state index < -0.39 is 0 Å². The van der Waals surface area contributed by atoms with Crippen LogP contribution < -0.4 is 15.2 Å². The van der Waals surface area contributed by atoms with Crippen molar-refractivity contribution in [3.63, 3.8) is 0 Å². The lowest BCUT2D eigenvalue weighted by Crippen LogP contribution is -2.00. The quantitative estimate of drug-likeness (QED) is 0.694. The lowest BCUT2D eigenvalue weighted by molar-refractivity contribution is 0.394. The monoisotopic (exact) mass is 376 g/mol. The molecular formula is C17H14Cl2N4O2. The second-order valence-electron chi connectivity index (χ2n) is 5.14. The van der Waals surface area contributed by atoms with Crippen molar-refractivity contribution in [3.8, 4) is 23.3 Å². The molecule has 3 aromatic rings. The van der Waals surface area contributed by atoms with Crippen LogP contribution in [0.5, 0.6) is 11.5 Å². The molecule has 3 rings (SSSR count). The van der Waals surface area contributed by atoms with Crippen LogP contribution in [-0.4, -0.2) is 28.8 Å². The molecule has 1 aromatic carbocycles. The van der Waals surface area contributed by atoms with Gasteiger partial charge in [-0.2, -0.15) is 5.10 Å². The molecule has 2 heterocycles. The van der Waals surface area contributed by atoms with Gasteiger partial charge in [0, 0.05) is 11.8 Å². The molecule has 8 heteroatoms. The summed E-state index contributed by atoms with van der Waals surface area (Å²) < 4.78 is 12.2. The molecule has 0 aliphatic heterocycles. The van der Waals surface area contributed by atoms with E-state index in [1.54, 1.807) is 10.6 Å². The Kier molecular flexibility index (Phi) is 4.62. The van der Waals surface area contributed by atoms with E-state index in [-0.39, 0.29) is 0 Å². The highest BCUT2D eigenvalue weighted by Gasteiger charge is 2.16. The lowest BCUT2D eigenvalue weighted by Gasteiger charge is -2.10. The first-order chi connectivity index (χ1) is 12.0. The van der Waals surface area contributed by atoms with Crippen LogP contribution in [0.2, 0.25) is 10.0 Å². The molecule has 2 aromatic heterocycles. The topological polar surface area (TPSA) is 74.7 Å². The van der Waals surface area contributed by atoms with E-state index in [9.17, 15) is 0 Å². The predicted octanol–water partition coefficient (Wildman–Crippen LogP) is 3.34. The highest BCUT2D eigenvalue weighted by atomic mass is 35.5. The maximum atomic E-state index is 6.34. The molecule has 0 saturated carbocycles. The molecule has 0 fully saturated rings. The second-order valence-corrected chi connectivity index (χ2v) is 5.90. The third kappa shape index (κ3) is 2.93. The number of aryl methyl sites for hydroxylation is 1. The van der Waals surface area contributed by atoms with E-state index in [2.05, 4.69) is 21.9 Å². The summed E-state index contributed by atoms with van der Waals surface area (Å²) in [7, 11) is 3.02.